The molecular formula is C18H27ClN2O4. The molecule has 1 saturated heterocycles. The van der Waals surface area contributed by atoms with Crippen molar-refractivity contribution in [3.05, 3.63) is 28.3 Å². The van der Waals surface area contributed by atoms with Crippen molar-refractivity contribution in [3.63, 3.8) is 0 Å². The second-order valence-electron chi connectivity index (χ2n) is 6.32. The Labute approximate surface area is 154 Å². The van der Waals surface area contributed by atoms with Crippen LogP contribution in [0.4, 0.5) is 4.79 Å². The van der Waals surface area contributed by atoms with Crippen LogP contribution in [0, 0.1) is 13.8 Å². The summed E-state index contributed by atoms with van der Waals surface area (Å²) in [6, 6.07) is 3.75. The molecule has 140 valence electrons. The number of hydrogen-bond donors (Lipinski definition) is 1. The first kappa shape index (κ1) is 19.8. The van der Waals surface area contributed by atoms with Crippen molar-refractivity contribution in [3.8, 4) is 5.75 Å². The number of aliphatic hydroxyl groups is 1. The smallest absolute Gasteiger partial charge is 0.409 e. The van der Waals surface area contributed by atoms with Crippen LogP contribution in [-0.4, -0.2) is 73.0 Å². The van der Waals surface area contributed by atoms with Gasteiger partial charge in [0.25, 0.3) is 0 Å². The van der Waals surface area contributed by atoms with Gasteiger partial charge in [-0.1, -0.05) is 11.6 Å². The summed E-state index contributed by atoms with van der Waals surface area (Å²) in [5.41, 5.74) is 1.92. The van der Waals surface area contributed by atoms with Gasteiger partial charge < -0.3 is 19.5 Å². The van der Waals surface area contributed by atoms with E-state index in [1.165, 1.54) is 0 Å². The Hall–Kier alpha value is -1.50. The second-order valence-corrected chi connectivity index (χ2v) is 6.70. The summed E-state index contributed by atoms with van der Waals surface area (Å²) in [7, 11) is 0. The van der Waals surface area contributed by atoms with E-state index in [0.717, 1.165) is 29.2 Å². The molecule has 1 heterocycles. The summed E-state index contributed by atoms with van der Waals surface area (Å²) in [5.74, 6) is 0.714. The Morgan fingerprint density at radius 3 is 2.40 bits per heavy atom. The first-order chi connectivity index (χ1) is 11.9. The summed E-state index contributed by atoms with van der Waals surface area (Å²) in [4.78, 5) is 15.5. The minimum absolute atomic E-state index is 0.221. The van der Waals surface area contributed by atoms with Crippen molar-refractivity contribution >= 4 is 17.7 Å². The average molecular weight is 371 g/mol. The minimum Gasteiger partial charge on any atom is -0.491 e. The van der Waals surface area contributed by atoms with Crippen molar-refractivity contribution in [1.82, 2.24) is 9.80 Å². The number of carbonyl (C=O) groups is 1. The second kappa shape index (κ2) is 9.27. The van der Waals surface area contributed by atoms with E-state index < -0.39 is 6.10 Å². The molecule has 25 heavy (non-hydrogen) atoms. The van der Waals surface area contributed by atoms with E-state index >= 15 is 0 Å². The predicted octanol–water partition coefficient (Wildman–Crippen LogP) is 2.47. The lowest BCUT2D eigenvalue weighted by atomic mass is 10.1. The first-order valence-electron chi connectivity index (χ1n) is 8.62. The number of piperazine rings is 1. The van der Waals surface area contributed by atoms with E-state index in [4.69, 9.17) is 21.1 Å². The van der Waals surface area contributed by atoms with Gasteiger partial charge in [0, 0.05) is 37.7 Å². The van der Waals surface area contributed by atoms with Crippen LogP contribution >= 0.6 is 11.6 Å². The zero-order valence-electron chi connectivity index (χ0n) is 15.1. The fourth-order valence-electron chi connectivity index (χ4n) is 2.86. The number of aryl methyl sites for hydroxylation is 2. The maximum Gasteiger partial charge on any atom is 0.409 e. The molecule has 1 N–H and O–H groups in total. The quantitative estimate of drug-likeness (QED) is 0.833. The van der Waals surface area contributed by atoms with Gasteiger partial charge in [-0.25, -0.2) is 4.79 Å². The van der Waals surface area contributed by atoms with Crippen molar-refractivity contribution in [2.75, 3.05) is 45.9 Å². The molecule has 0 bridgehead atoms. The molecule has 6 nitrogen and oxygen atoms in total. The van der Waals surface area contributed by atoms with Crippen LogP contribution in [0.15, 0.2) is 12.1 Å². The Kier molecular flexibility index (Phi) is 7.35. The molecule has 0 spiro atoms. The van der Waals surface area contributed by atoms with Gasteiger partial charge in [0.05, 0.1) is 6.61 Å². The zero-order chi connectivity index (χ0) is 18.4. The normalized spacial score (nSPS) is 16.6. The molecule has 1 aliphatic rings. The summed E-state index contributed by atoms with van der Waals surface area (Å²) >= 11 is 6.15. The number of benzene rings is 1. The molecule has 0 aliphatic carbocycles. The van der Waals surface area contributed by atoms with Crippen LogP contribution in [-0.2, 0) is 4.74 Å². The van der Waals surface area contributed by atoms with E-state index in [2.05, 4.69) is 4.90 Å². The van der Waals surface area contributed by atoms with Crippen molar-refractivity contribution in [2.24, 2.45) is 0 Å². The minimum atomic E-state index is -0.592. The maximum absolute atomic E-state index is 11.7. The Bertz CT molecular complexity index is 565. The van der Waals surface area contributed by atoms with E-state index in [-0.39, 0.29) is 12.7 Å². The number of amides is 1. The predicted molar refractivity (Wildman–Crippen MR) is 97.5 cm³/mol. The Morgan fingerprint density at radius 1 is 1.24 bits per heavy atom. The molecule has 1 atom stereocenters. The Morgan fingerprint density at radius 2 is 1.84 bits per heavy atom. The molecule has 0 aromatic heterocycles. The number of ether oxygens (including phenoxy) is 2. The number of hydrogen-bond acceptors (Lipinski definition) is 5. The van der Waals surface area contributed by atoms with Crippen LogP contribution in [0.25, 0.3) is 0 Å². The van der Waals surface area contributed by atoms with Crippen molar-refractivity contribution in [2.45, 2.75) is 26.9 Å². The molecule has 0 radical (unpaired) electrons. The number of carbonyl (C=O) groups excluding carboxylic acids is 1. The molecule has 7 heteroatoms. The fraction of sp³-hybridized carbons (Fsp3) is 0.611. The molecule has 2 rings (SSSR count). The van der Waals surface area contributed by atoms with E-state index in [1.807, 2.05) is 26.0 Å². The molecule has 1 amide bonds. The van der Waals surface area contributed by atoms with Gasteiger partial charge in [-0.05, 0) is 44.0 Å². The molecule has 0 saturated carbocycles. The number of halogens is 1. The topological polar surface area (TPSA) is 62.2 Å². The third-order valence-corrected chi connectivity index (χ3v) is 4.82. The lowest BCUT2D eigenvalue weighted by Gasteiger charge is -2.34. The maximum atomic E-state index is 11.7. The van der Waals surface area contributed by atoms with E-state index in [9.17, 15) is 9.90 Å². The van der Waals surface area contributed by atoms with Crippen molar-refractivity contribution < 1.29 is 19.4 Å². The van der Waals surface area contributed by atoms with Gasteiger partial charge >= 0.3 is 6.09 Å². The van der Waals surface area contributed by atoms with Crippen LogP contribution in [0.2, 0.25) is 5.02 Å². The van der Waals surface area contributed by atoms with Gasteiger partial charge in [0.2, 0.25) is 0 Å². The molecule has 1 aliphatic heterocycles. The summed E-state index contributed by atoms with van der Waals surface area (Å²) < 4.78 is 10.7. The fourth-order valence-corrected chi connectivity index (χ4v) is 2.97. The third kappa shape index (κ3) is 5.76. The average Bonchev–Trinajstić information content (AvgIpc) is 2.58. The zero-order valence-corrected chi connectivity index (χ0v) is 15.9. The van der Waals surface area contributed by atoms with Crippen LogP contribution in [0.3, 0.4) is 0 Å². The molecule has 1 fully saturated rings. The number of β-amino-alcohol motifs (C(OH)–C–C–N with tert-alkyl or cyclic N) is 1. The summed E-state index contributed by atoms with van der Waals surface area (Å²) in [6.07, 6.45) is -0.857. The number of aliphatic hydroxyl groups excluding tert-OH is 1. The van der Waals surface area contributed by atoms with E-state index in [0.29, 0.717) is 32.0 Å². The summed E-state index contributed by atoms with van der Waals surface area (Å²) in [5, 5.41) is 11.0. The summed E-state index contributed by atoms with van der Waals surface area (Å²) in [6.45, 7) is 9.45. The van der Waals surface area contributed by atoms with E-state index in [1.54, 1.807) is 11.8 Å². The van der Waals surface area contributed by atoms with Crippen molar-refractivity contribution in [1.29, 1.82) is 0 Å². The molecule has 1 aromatic carbocycles. The highest BCUT2D eigenvalue weighted by Crippen LogP contribution is 2.25. The highest BCUT2D eigenvalue weighted by molar-refractivity contribution is 6.32. The highest BCUT2D eigenvalue weighted by Gasteiger charge is 2.23. The monoisotopic (exact) mass is 370 g/mol. The molecular weight excluding hydrogens is 344 g/mol. The van der Waals surface area contributed by atoms with Gasteiger partial charge in [-0.15, -0.1) is 0 Å². The third-order valence-electron chi connectivity index (χ3n) is 4.22. The lowest BCUT2D eigenvalue weighted by molar-refractivity contribution is 0.0407. The van der Waals surface area contributed by atoms with Crippen LogP contribution in [0.1, 0.15) is 18.1 Å². The number of rotatable bonds is 6. The van der Waals surface area contributed by atoms with Gasteiger partial charge in [-0.3, -0.25) is 4.90 Å². The van der Waals surface area contributed by atoms with Crippen LogP contribution < -0.4 is 4.74 Å². The van der Waals surface area contributed by atoms with Gasteiger partial charge in [0.15, 0.2) is 0 Å². The SMILES string of the molecule is CCOC(=O)N1CCN(CC(O)COc2cc(C)c(Cl)c(C)c2)CC1. The standard InChI is InChI=1S/C18H27ClN2O4/c1-4-24-18(23)21-7-5-20(6-8-21)11-15(22)12-25-16-9-13(2)17(19)14(3)10-16/h9-10,15,22H,4-8,11-12H2,1-3H3. The van der Waals surface area contributed by atoms with Crippen LogP contribution in [0.5, 0.6) is 5.75 Å². The van der Waals surface area contributed by atoms with Gasteiger partial charge in [0.1, 0.15) is 18.5 Å². The molecule has 1 aromatic rings. The largest absolute Gasteiger partial charge is 0.491 e. The number of nitrogens with zero attached hydrogens (tertiary/aromatic N) is 2. The lowest BCUT2D eigenvalue weighted by Crippen LogP contribution is -2.51. The van der Waals surface area contributed by atoms with Gasteiger partial charge in [-0.2, -0.15) is 0 Å². The highest BCUT2D eigenvalue weighted by atomic mass is 35.5. The molecule has 1 unspecified atom stereocenters. The Balaban J connectivity index is 1.74. The first-order valence-corrected chi connectivity index (χ1v) is 9.00.